The molecule has 0 aliphatic rings. The summed E-state index contributed by atoms with van der Waals surface area (Å²) < 4.78 is 17.0. The molecule has 0 N–H and O–H groups in total. The van der Waals surface area contributed by atoms with Crippen LogP contribution in [0, 0.1) is 0 Å². The van der Waals surface area contributed by atoms with Gasteiger partial charge in [0.15, 0.2) is 5.75 Å². The first-order chi connectivity index (χ1) is 9.91. The zero-order valence-electron chi connectivity index (χ0n) is 10.5. The number of para-hydroxylation sites is 1. The molecule has 0 fully saturated rings. The summed E-state index contributed by atoms with van der Waals surface area (Å²) >= 11 is 24.7. The Morgan fingerprint density at radius 3 is 1.95 bits per heavy atom. The van der Waals surface area contributed by atoms with Crippen LogP contribution in [0.1, 0.15) is 0 Å². The molecule has 0 bridgehead atoms. The fraction of sp³-hybridized carbons (Fsp3) is 0.0769. The molecule has 0 amide bonds. The van der Waals surface area contributed by atoms with Gasteiger partial charge in [0.1, 0.15) is 15.8 Å². The maximum absolute atomic E-state index is 11.4. The van der Waals surface area contributed by atoms with E-state index in [9.17, 15) is 4.21 Å². The Hall–Kier alpha value is -0.100. The van der Waals surface area contributed by atoms with E-state index in [0.29, 0.717) is 10.6 Å². The number of hydrogen-bond acceptors (Lipinski definition) is 3. The van der Waals surface area contributed by atoms with Gasteiger partial charge >= 0.3 is 0 Å². The number of ether oxygens (including phenoxy) is 1. The van der Waals surface area contributed by atoms with E-state index in [1.54, 1.807) is 12.1 Å². The van der Waals surface area contributed by atoms with Crippen molar-refractivity contribution < 1.29 is 8.95 Å². The Kier molecular flexibility index (Phi) is 6.12. The van der Waals surface area contributed by atoms with Gasteiger partial charge in [0.05, 0.1) is 24.8 Å². The minimum absolute atomic E-state index is 0.128. The smallest absolute Gasteiger partial charge is 0.167 e. The van der Waals surface area contributed by atoms with Crippen LogP contribution in [0.4, 0.5) is 0 Å². The van der Waals surface area contributed by atoms with Crippen LogP contribution in [0.2, 0.25) is 20.1 Å². The van der Waals surface area contributed by atoms with Crippen molar-refractivity contribution in [3.63, 3.8) is 0 Å². The molecule has 0 aliphatic carbocycles. The summed E-state index contributed by atoms with van der Waals surface area (Å²) in [7, 11) is -0.230. The van der Waals surface area contributed by atoms with Crippen molar-refractivity contribution in [3.05, 3.63) is 50.4 Å². The predicted molar refractivity (Wildman–Crippen MR) is 92.9 cm³/mol. The molecule has 0 aliphatic heterocycles. The van der Waals surface area contributed by atoms with Gasteiger partial charge in [0.2, 0.25) is 0 Å². The Bertz CT molecular complexity index is 663. The third kappa shape index (κ3) is 4.01. The third-order valence-electron chi connectivity index (χ3n) is 2.35. The molecule has 0 radical (unpaired) electrons. The van der Waals surface area contributed by atoms with E-state index in [1.807, 2.05) is 18.2 Å². The molecular weight excluding hydrogens is 394 g/mol. The van der Waals surface area contributed by atoms with E-state index < -0.39 is 9.83 Å². The van der Waals surface area contributed by atoms with Gasteiger partial charge in [-0.25, -0.2) is 4.21 Å². The fourth-order valence-electron chi connectivity index (χ4n) is 1.48. The first kappa shape index (κ1) is 17.3. The Morgan fingerprint density at radius 2 is 1.48 bits per heavy atom. The van der Waals surface area contributed by atoms with Crippen LogP contribution in [0.3, 0.4) is 0 Å². The molecule has 0 saturated heterocycles. The summed E-state index contributed by atoms with van der Waals surface area (Å²) in [5.41, 5.74) is 0. The van der Waals surface area contributed by atoms with E-state index in [4.69, 9.17) is 51.1 Å². The van der Waals surface area contributed by atoms with Gasteiger partial charge in [-0.05, 0) is 22.9 Å². The number of halogens is 4. The summed E-state index contributed by atoms with van der Waals surface area (Å²) in [5, 5.41) is 0.583. The lowest BCUT2D eigenvalue weighted by Crippen LogP contribution is -1.91. The van der Waals surface area contributed by atoms with E-state index >= 15 is 0 Å². The van der Waals surface area contributed by atoms with Gasteiger partial charge in [0.25, 0.3) is 0 Å². The van der Waals surface area contributed by atoms with Crippen molar-refractivity contribution >= 4 is 67.0 Å². The van der Waals surface area contributed by atoms with Crippen LogP contribution < -0.4 is 4.74 Å². The zero-order valence-corrected chi connectivity index (χ0v) is 15.2. The second-order valence-electron chi connectivity index (χ2n) is 3.81. The summed E-state index contributed by atoms with van der Waals surface area (Å²) in [6, 6.07) is 8.97. The zero-order chi connectivity index (χ0) is 15.6. The van der Waals surface area contributed by atoms with Gasteiger partial charge in [-0.2, -0.15) is 0 Å². The molecule has 8 heteroatoms. The van der Waals surface area contributed by atoms with Crippen LogP contribution in [-0.2, 0) is 9.83 Å². The molecule has 0 heterocycles. The molecule has 2 aromatic rings. The van der Waals surface area contributed by atoms with Crippen molar-refractivity contribution in [1.29, 1.82) is 0 Å². The Balaban J connectivity index is 2.51. The molecule has 0 saturated carbocycles. The van der Waals surface area contributed by atoms with Crippen molar-refractivity contribution in [3.8, 4) is 11.5 Å². The minimum Gasteiger partial charge on any atom is -0.454 e. The lowest BCUT2D eigenvalue weighted by Gasteiger charge is -2.15. The summed E-state index contributed by atoms with van der Waals surface area (Å²) in [6.07, 6.45) is 1.51. The second kappa shape index (κ2) is 7.44. The third-order valence-corrected chi connectivity index (χ3v) is 6.26. The first-order valence-corrected chi connectivity index (χ1v) is 9.92. The van der Waals surface area contributed by atoms with Gasteiger partial charge in [-0.15, -0.1) is 0 Å². The summed E-state index contributed by atoms with van der Waals surface area (Å²) in [4.78, 5) is 0.370. The standard InChI is InChI=1S/C13H8Cl4O2S2/c1-21(18)20-13-10(16)8(14)12(9(15)11(13)17)19-7-5-3-2-4-6-7/h2-6H,1H3. The largest absolute Gasteiger partial charge is 0.454 e. The highest BCUT2D eigenvalue weighted by molar-refractivity contribution is 8.69. The second-order valence-corrected chi connectivity index (χ2v) is 8.61. The number of hydrogen-bond donors (Lipinski definition) is 0. The van der Waals surface area contributed by atoms with Crippen LogP contribution >= 0.6 is 57.2 Å². The highest BCUT2D eigenvalue weighted by Gasteiger charge is 2.23. The normalized spacial score (nSPS) is 12.2. The quantitative estimate of drug-likeness (QED) is 0.433. The Morgan fingerprint density at radius 1 is 0.952 bits per heavy atom. The van der Waals surface area contributed by atoms with E-state index in [-0.39, 0.29) is 25.8 Å². The van der Waals surface area contributed by atoms with E-state index in [0.717, 1.165) is 10.8 Å². The lowest BCUT2D eigenvalue weighted by molar-refractivity contribution is 0.483. The molecule has 0 spiro atoms. The molecular formula is C13H8Cl4O2S2. The van der Waals surface area contributed by atoms with Crippen molar-refractivity contribution in [2.45, 2.75) is 4.90 Å². The summed E-state index contributed by atoms with van der Waals surface area (Å²) in [6.45, 7) is 0. The maximum Gasteiger partial charge on any atom is 0.167 e. The Labute approximate surface area is 148 Å². The lowest BCUT2D eigenvalue weighted by atomic mass is 10.3. The van der Waals surface area contributed by atoms with Gasteiger partial charge in [-0.1, -0.05) is 64.6 Å². The van der Waals surface area contributed by atoms with Crippen molar-refractivity contribution in [2.75, 3.05) is 6.26 Å². The van der Waals surface area contributed by atoms with E-state index in [1.165, 1.54) is 6.26 Å². The highest BCUT2D eigenvalue weighted by atomic mass is 35.5. The maximum atomic E-state index is 11.4. The molecule has 1 unspecified atom stereocenters. The molecule has 21 heavy (non-hydrogen) atoms. The van der Waals surface area contributed by atoms with Gasteiger partial charge in [-0.3, -0.25) is 0 Å². The number of rotatable bonds is 4. The van der Waals surface area contributed by atoms with Crippen LogP contribution in [-0.4, -0.2) is 10.5 Å². The SMILES string of the molecule is CS(=O)Sc1c(Cl)c(Cl)c(Oc2ccccc2)c(Cl)c1Cl. The van der Waals surface area contributed by atoms with E-state index in [2.05, 4.69) is 0 Å². The summed E-state index contributed by atoms with van der Waals surface area (Å²) in [5.74, 6) is 0.721. The monoisotopic (exact) mass is 400 g/mol. The molecule has 112 valence electrons. The van der Waals surface area contributed by atoms with Gasteiger partial charge < -0.3 is 4.74 Å². The molecule has 1 atom stereocenters. The van der Waals surface area contributed by atoms with Crippen molar-refractivity contribution in [2.24, 2.45) is 0 Å². The average molecular weight is 402 g/mol. The van der Waals surface area contributed by atoms with Crippen LogP contribution in [0.15, 0.2) is 35.2 Å². The topological polar surface area (TPSA) is 26.3 Å². The minimum atomic E-state index is -1.21. The van der Waals surface area contributed by atoms with Gasteiger partial charge in [0, 0.05) is 6.26 Å². The predicted octanol–water partition coefficient (Wildman–Crippen LogP) is 6.48. The first-order valence-electron chi connectivity index (χ1n) is 5.52. The molecule has 2 rings (SSSR count). The molecule has 2 nitrogen and oxygen atoms in total. The van der Waals surface area contributed by atoms with Crippen molar-refractivity contribution in [1.82, 2.24) is 0 Å². The average Bonchev–Trinajstić information content (AvgIpc) is 2.47. The highest BCUT2D eigenvalue weighted by Crippen LogP contribution is 2.51. The molecule has 0 aromatic heterocycles. The number of benzene rings is 2. The van der Waals surface area contributed by atoms with Crippen LogP contribution in [0.25, 0.3) is 0 Å². The van der Waals surface area contributed by atoms with Crippen LogP contribution in [0.5, 0.6) is 11.5 Å². The molecule has 2 aromatic carbocycles. The fourth-order valence-corrected chi connectivity index (χ4v) is 4.80.